The van der Waals surface area contributed by atoms with Crippen molar-refractivity contribution in [2.45, 2.75) is 37.9 Å². The van der Waals surface area contributed by atoms with Gasteiger partial charge in [-0.1, -0.05) is 17.8 Å². The highest BCUT2D eigenvalue weighted by Crippen LogP contribution is 2.31. The van der Waals surface area contributed by atoms with Gasteiger partial charge < -0.3 is 15.8 Å². The number of halogens is 4. The van der Waals surface area contributed by atoms with E-state index < -0.39 is 12.8 Å². The fraction of sp³-hybridized carbons (Fsp3) is 0.500. The summed E-state index contributed by atoms with van der Waals surface area (Å²) in [6.07, 6.45) is -1.06. The Hall–Kier alpha value is -1.58. The molecule has 1 saturated carbocycles. The third-order valence-electron chi connectivity index (χ3n) is 4.08. The lowest BCUT2D eigenvalue weighted by molar-refractivity contribution is -0.153. The normalized spacial score (nSPS) is 20.5. The molecule has 1 aromatic heterocycles. The molecule has 0 radical (unpaired) electrons. The Morgan fingerprint density at radius 1 is 1.38 bits per heavy atom. The largest absolute Gasteiger partial charge is 0.484 e. The molecule has 2 atom stereocenters. The molecule has 3 N–H and O–H groups in total. The number of rotatable bonds is 4. The van der Waals surface area contributed by atoms with E-state index >= 15 is 0 Å². The third-order valence-corrected chi connectivity index (χ3v) is 5.01. The number of thiazole rings is 1. The number of benzene rings is 1. The maximum Gasteiger partial charge on any atom is 0.422 e. The number of alkyl halides is 3. The topological polar surface area (TPSA) is 77.2 Å². The van der Waals surface area contributed by atoms with Gasteiger partial charge in [0.2, 0.25) is 5.91 Å². The molecule has 5 nitrogen and oxygen atoms in total. The van der Waals surface area contributed by atoms with Gasteiger partial charge in [-0.15, -0.1) is 12.4 Å². The minimum atomic E-state index is -4.39. The van der Waals surface area contributed by atoms with Gasteiger partial charge in [-0.05, 0) is 37.5 Å². The van der Waals surface area contributed by atoms with Gasteiger partial charge in [-0.3, -0.25) is 4.79 Å². The zero-order valence-corrected chi connectivity index (χ0v) is 15.3. The first-order valence-corrected chi connectivity index (χ1v) is 8.78. The Bertz CT molecular complexity index is 769. The molecule has 0 bridgehead atoms. The van der Waals surface area contributed by atoms with E-state index in [1.54, 1.807) is 6.07 Å². The molecule has 1 fully saturated rings. The number of carbonyl (C=O) groups is 1. The summed E-state index contributed by atoms with van der Waals surface area (Å²) in [7, 11) is 0. The second-order valence-electron chi connectivity index (χ2n) is 6.17. The molecule has 1 aliphatic rings. The summed E-state index contributed by atoms with van der Waals surface area (Å²) >= 11 is 1.20. The number of nitrogens with two attached hydrogens (primary N) is 1. The van der Waals surface area contributed by atoms with Gasteiger partial charge in [-0.25, -0.2) is 4.98 Å². The SMILES string of the molecule is Cl.NC1CCCC(C(=O)Nc2nc3ccc(OCC(F)(F)F)cc3s2)C1. The molecule has 2 aromatic rings. The molecule has 1 amide bonds. The highest BCUT2D eigenvalue weighted by molar-refractivity contribution is 7.22. The van der Waals surface area contributed by atoms with E-state index in [-0.39, 0.29) is 36.0 Å². The minimum Gasteiger partial charge on any atom is -0.484 e. The van der Waals surface area contributed by atoms with Crippen molar-refractivity contribution in [3.63, 3.8) is 0 Å². The molecule has 26 heavy (non-hydrogen) atoms. The van der Waals surface area contributed by atoms with E-state index in [4.69, 9.17) is 10.5 Å². The van der Waals surface area contributed by atoms with Crippen molar-refractivity contribution >= 4 is 45.0 Å². The second kappa shape index (κ2) is 8.41. The number of carbonyl (C=O) groups excluding carboxylic acids is 1. The summed E-state index contributed by atoms with van der Waals surface area (Å²) in [4.78, 5) is 16.6. The Balaban J connectivity index is 0.00000243. The standard InChI is InChI=1S/C16H18F3N3O2S.ClH/c17-16(18,19)8-24-11-4-5-12-13(7-11)25-15(21-12)22-14(23)9-2-1-3-10(20)6-9;/h4-5,7,9-10H,1-3,6,8,20H2,(H,21,22,23);1H. The number of anilines is 1. The van der Waals surface area contributed by atoms with Gasteiger partial charge in [0.25, 0.3) is 0 Å². The number of nitrogens with one attached hydrogen (secondary N) is 1. The Morgan fingerprint density at radius 3 is 2.85 bits per heavy atom. The van der Waals surface area contributed by atoms with Crippen LogP contribution in [-0.4, -0.2) is 29.7 Å². The van der Waals surface area contributed by atoms with Crippen LogP contribution in [0, 0.1) is 5.92 Å². The summed E-state index contributed by atoms with van der Waals surface area (Å²) in [5, 5.41) is 3.21. The molecule has 2 unspecified atom stereocenters. The van der Waals surface area contributed by atoms with E-state index in [0.717, 1.165) is 19.3 Å². The summed E-state index contributed by atoms with van der Waals surface area (Å²) < 4.78 is 42.0. The number of hydrogen-bond acceptors (Lipinski definition) is 5. The summed E-state index contributed by atoms with van der Waals surface area (Å²) in [6, 6.07) is 4.54. The van der Waals surface area contributed by atoms with Crippen molar-refractivity contribution in [2.75, 3.05) is 11.9 Å². The fourth-order valence-corrected chi connectivity index (χ4v) is 3.78. The van der Waals surface area contributed by atoms with Gasteiger partial charge in [-0.2, -0.15) is 13.2 Å². The van der Waals surface area contributed by atoms with Gasteiger partial charge in [0, 0.05) is 12.0 Å². The van der Waals surface area contributed by atoms with Crippen LogP contribution in [0.2, 0.25) is 0 Å². The van der Waals surface area contributed by atoms with Crippen LogP contribution in [0.1, 0.15) is 25.7 Å². The summed E-state index contributed by atoms with van der Waals surface area (Å²) in [6.45, 7) is -1.34. The lowest BCUT2D eigenvalue weighted by atomic mass is 9.86. The van der Waals surface area contributed by atoms with E-state index in [1.807, 2.05) is 0 Å². The van der Waals surface area contributed by atoms with Gasteiger partial charge in [0.1, 0.15) is 5.75 Å². The highest BCUT2D eigenvalue weighted by Gasteiger charge is 2.28. The average Bonchev–Trinajstić information content (AvgIpc) is 2.93. The van der Waals surface area contributed by atoms with Crippen molar-refractivity contribution in [3.8, 4) is 5.75 Å². The molecular weight excluding hydrogens is 391 g/mol. The van der Waals surface area contributed by atoms with E-state index in [9.17, 15) is 18.0 Å². The van der Waals surface area contributed by atoms with Gasteiger partial charge >= 0.3 is 6.18 Å². The molecule has 0 saturated heterocycles. The fourth-order valence-electron chi connectivity index (χ4n) is 2.89. The van der Waals surface area contributed by atoms with Gasteiger partial charge in [0.05, 0.1) is 10.2 Å². The number of ether oxygens (including phenoxy) is 1. The molecule has 0 aliphatic heterocycles. The number of aromatic nitrogens is 1. The van der Waals surface area contributed by atoms with Crippen LogP contribution >= 0.6 is 23.7 Å². The van der Waals surface area contributed by atoms with Crippen molar-refractivity contribution in [1.82, 2.24) is 4.98 Å². The van der Waals surface area contributed by atoms with Gasteiger partial charge in [0.15, 0.2) is 11.7 Å². The molecular formula is C16H19ClF3N3O2S. The Labute approximate surface area is 158 Å². The highest BCUT2D eigenvalue weighted by atomic mass is 35.5. The minimum absolute atomic E-state index is 0. The lowest BCUT2D eigenvalue weighted by Crippen LogP contribution is -2.34. The van der Waals surface area contributed by atoms with Crippen LogP contribution in [0.3, 0.4) is 0 Å². The maximum absolute atomic E-state index is 12.3. The Morgan fingerprint density at radius 2 is 2.15 bits per heavy atom. The van der Waals surface area contributed by atoms with Crippen LogP contribution in [0.25, 0.3) is 10.2 Å². The Kier molecular flexibility index (Phi) is 6.70. The zero-order valence-electron chi connectivity index (χ0n) is 13.7. The molecule has 1 aliphatic carbocycles. The molecule has 3 rings (SSSR count). The van der Waals surface area contributed by atoms with Crippen molar-refractivity contribution < 1.29 is 22.7 Å². The van der Waals surface area contributed by atoms with Crippen molar-refractivity contribution in [2.24, 2.45) is 11.7 Å². The average molecular weight is 410 g/mol. The van der Waals surface area contributed by atoms with Crippen LogP contribution < -0.4 is 15.8 Å². The summed E-state index contributed by atoms with van der Waals surface area (Å²) in [5.74, 6) is -0.117. The molecule has 144 valence electrons. The van der Waals surface area contributed by atoms with E-state index in [1.165, 1.54) is 23.5 Å². The number of fused-ring (bicyclic) bond motifs is 1. The monoisotopic (exact) mass is 409 g/mol. The molecule has 1 aromatic carbocycles. The van der Waals surface area contributed by atoms with Crippen LogP contribution in [0.5, 0.6) is 5.75 Å². The van der Waals surface area contributed by atoms with Crippen LogP contribution in [0.15, 0.2) is 18.2 Å². The first-order valence-electron chi connectivity index (χ1n) is 7.97. The predicted octanol–water partition coefficient (Wildman–Crippen LogP) is 4.12. The van der Waals surface area contributed by atoms with E-state index in [0.29, 0.717) is 21.8 Å². The summed E-state index contributed by atoms with van der Waals surface area (Å²) in [5.41, 5.74) is 6.50. The van der Waals surface area contributed by atoms with Crippen molar-refractivity contribution in [3.05, 3.63) is 18.2 Å². The quantitative estimate of drug-likeness (QED) is 0.796. The molecule has 0 spiro atoms. The number of amides is 1. The smallest absolute Gasteiger partial charge is 0.422 e. The molecule has 10 heteroatoms. The second-order valence-corrected chi connectivity index (χ2v) is 7.20. The predicted molar refractivity (Wildman–Crippen MR) is 97.0 cm³/mol. The first-order chi connectivity index (χ1) is 11.8. The van der Waals surface area contributed by atoms with Crippen LogP contribution in [-0.2, 0) is 4.79 Å². The van der Waals surface area contributed by atoms with E-state index in [2.05, 4.69) is 10.3 Å². The number of nitrogens with zero attached hydrogens (tertiary/aromatic N) is 1. The number of hydrogen-bond donors (Lipinski definition) is 2. The maximum atomic E-state index is 12.3. The third kappa shape index (κ3) is 5.46. The lowest BCUT2D eigenvalue weighted by Gasteiger charge is -2.25. The zero-order chi connectivity index (χ0) is 18.0. The van der Waals surface area contributed by atoms with Crippen LogP contribution in [0.4, 0.5) is 18.3 Å². The first kappa shape index (κ1) is 20.7. The van der Waals surface area contributed by atoms with Crippen molar-refractivity contribution in [1.29, 1.82) is 0 Å². The molecule has 1 heterocycles.